The van der Waals surface area contributed by atoms with Gasteiger partial charge in [-0.1, -0.05) is 6.08 Å². The van der Waals surface area contributed by atoms with Crippen LogP contribution >= 0.6 is 0 Å². The third-order valence-corrected chi connectivity index (χ3v) is 3.97. The van der Waals surface area contributed by atoms with Gasteiger partial charge >= 0.3 is 0 Å². The lowest BCUT2D eigenvalue weighted by atomic mass is 9.93. The molecule has 2 aliphatic rings. The molecule has 0 aromatic carbocycles. The molecule has 2 N–H and O–H groups in total. The highest BCUT2D eigenvalue weighted by atomic mass is 16.5. The SMILES string of the molecule is CCOC1=CC=C(NC(=O)c2c[nH]c3c2C(=O)CCC3)C=CC1. The van der Waals surface area contributed by atoms with E-state index in [2.05, 4.69) is 10.3 Å². The van der Waals surface area contributed by atoms with Crippen LogP contribution in [0, 0.1) is 0 Å². The molecule has 120 valence electrons. The average molecular weight is 312 g/mol. The molecule has 3 rings (SSSR count). The van der Waals surface area contributed by atoms with Gasteiger partial charge in [0.05, 0.1) is 23.5 Å². The summed E-state index contributed by atoms with van der Waals surface area (Å²) in [5.74, 6) is 0.644. The van der Waals surface area contributed by atoms with Gasteiger partial charge < -0.3 is 15.0 Å². The van der Waals surface area contributed by atoms with E-state index in [1.165, 1.54) is 0 Å². The van der Waals surface area contributed by atoms with Crippen LogP contribution in [0.25, 0.3) is 0 Å². The Labute approximate surface area is 135 Å². The summed E-state index contributed by atoms with van der Waals surface area (Å²) in [6, 6.07) is 0. The number of fused-ring (bicyclic) bond motifs is 1. The van der Waals surface area contributed by atoms with Crippen LogP contribution in [-0.4, -0.2) is 23.3 Å². The highest BCUT2D eigenvalue weighted by molar-refractivity contribution is 6.09. The predicted molar refractivity (Wildman–Crippen MR) is 87.1 cm³/mol. The number of Topliss-reactive ketones (excluding diaryl/α,β-unsaturated/α-hetero) is 1. The van der Waals surface area contributed by atoms with Crippen LogP contribution in [0.5, 0.6) is 0 Å². The number of hydrogen-bond acceptors (Lipinski definition) is 3. The number of allylic oxidation sites excluding steroid dienone is 4. The largest absolute Gasteiger partial charge is 0.498 e. The number of ether oxygens (including phenoxy) is 1. The zero-order valence-electron chi connectivity index (χ0n) is 13.1. The topological polar surface area (TPSA) is 71.2 Å². The van der Waals surface area contributed by atoms with E-state index in [1.54, 1.807) is 6.20 Å². The third kappa shape index (κ3) is 3.28. The molecule has 0 fully saturated rings. The third-order valence-electron chi connectivity index (χ3n) is 3.97. The fourth-order valence-electron chi connectivity index (χ4n) is 2.89. The van der Waals surface area contributed by atoms with E-state index in [9.17, 15) is 9.59 Å². The maximum absolute atomic E-state index is 12.5. The van der Waals surface area contributed by atoms with E-state index in [1.807, 2.05) is 31.2 Å². The first-order chi connectivity index (χ1) is 11.2. The molecule has 5 heteroatoms. The lowest BCUT2D eigenvalue weighted by molar-refractivity contribution is 0.0936. The van der Waals surface area contributed by atoms with Crippen molar-refractivity contribution < 1.29 is 14.3 Å². The van der Waals surface area contributed by atoms with Crippen LogP contribution in [0.1, 0.15) is 52.6 Å². The molecule has 2 aliphatic carbocycles. The van der Waals surface area contributed by atoms with Gasteiger partial charge in [0, 0.05) is 30.4 Å². The predicted octanol–water partition coefficient (Wildman–Crippen LogP) is 3.03. The molecular weight excluding hydrogens is 292 g/mol. The Bertz CT molecular complexity index is 723. The van der Waals surface area contributed by atoms with Crippen molar-refractivity contribution in [1.82, 2.24) is 10.3 Å². The molecule has 0 aliphatic heterocycles. The van der Waals surface area contributed by atoms with Crippen LogP contribution in [-0.2, 0) is 11.2 Å². The number of H-pyrrole nitrogens is 1. The second kappa shape index (κ2) is 6.69. The second-order valence-corrected chi connectivity index (χ2v) is 5.58. The van der Waals surface area contributed by atoms with E-state index in [0.717, 1.165) is 24.3 Å². The number of carbonyl (C=O) groups excluding carboxylic acids is 2. The maximum Gasteiger partial charge on any atom is 0.257 e. The monoisotopic (exact) mass is 312 g/mol. The van der Waals surface area contributed by atoms with Gasteiger partial charge in [-0.15, -0.1) is 0 Å². The quantitative estimate of drug-likeness (QED) is 0.897. The minimum Gasteiger partial charge on any atom is -0.498 e. The summed E-state index contributed by atoms with van der Waals surface area (Å²) in [7, 11) is 0. The zero-order valence-corrected chi connectivity index (χ0v) is 13.1. The van der Waals surface area contributed by atoms with Crippen LogP contribution in [0.4, 0.5) is 0 Å². The normalized spacial score (nSPS) is 17.0. The summed E-state index contributed by atoms with van der Waals surface area (Å²) in [5, 5.41) is 2.86. The fourth-order valence-corrected chi connectivity index (χ4v) is 2.89. The summed E-state index contributed by atoms with van der Waals surface area (Å²) >= 11 is 0. The minimum absolute atomic E-state index is 0.0431. The Hall–Kier alpha value is -2.56. The van der Waals surface area contributed by atoms with Crippen molar-refractivity contribution in [1.29, 1.82) is 0 Å². The number of nitrogens with one attached hydrogen (secondary N) is 2. The zero-order chi connectivity index (χ0) is 16.2. The number of aromatic nitrogens is 1. The van der Waals surface area contributed by atoms with Crippen molar-refractivity contribution in [2.75, 3.05) is 6.61 Å². The van der Waals surface area contributed by atoms with E-state index in [4.69, 9.17) is 4.74 Å². The van der Waals surface area contributed by atoms with E-state index in [0.29, 0.717) is 36.3 Å². The van der Waals surface area contributed by atoms with E-state index >= 15 is 0 Å². The van der Waals surface area contributed by atoms with Crippen molar-refractivity contribution in [2.24, 2.45) is 0 Å². The summed E-state index contributed by atoms with van der Waals surface area (Å²) in [6.07, 6.45) is 12.0. The molecular formula is C18H20N2O3. The number of aromatic amines is 1. The molecule has 23 heavy (non-hydrogen) atoms. The Balaban J connectivity index is 1.78. The molecule has 0 saturated carbocycles. The summed E-state index contributed by atoms with van der Waals surface area (Å²) < 4.78 is 5.48. The Morgan fingerprint density at radius 2 is 2.22 bits per heavy atom. The van der Waals surface area contributed by atoms with Gasteiger partial charge in [0.2, 0.25) is 0 Å². The molecule has 1 amide bonds. The van der Waals surface area contributed by atoms with E-state index in [-0.39, 0.29) is 11.7 Å². The maximum atomic E-state index is 12.5. The van der Waals surface area contributed by atoms with Crippen LogP contribution < -0.4 is 5.32 Å². The van der Waals surface area contributed by atoms with Gasteiger partial charge in [0.25, 0.3) is 5.91 Å². The number of aryl methyl sites for hydroxylation is 1. The van der Waals surface area contributed by atoms with Gasteiger partial charge in [-0.05, 0) is 38.0 Å². The Kier molecular flexibility index (Phi) is 4.46. The van der Waals surface area contributed by atoms with Gasteiger partial charge in [0.1, 0.15) is 0 Å². The first-order valence-corrected chi connectivity index (χ1v) is 7.94. The molecule has 1 aromatic rings. The molecule has 0 atom stereocenters. The molecule has 0 unspecified atom stereocenters. The summed E-state index contributed by atoms with van der Waals surface area (Å²) in [5.41, 5.74) is 2.54. The number of ketones is 1. The number of carbonyl (C=O) groups is 2. The van der Waals surface area contributed by atoms with Gasteiger partial charge in [-0.2, -0.15) is 0 Å². The van der Waals surface area contributed by atoms with Crippen molar-refractivity contribution in [2.45, 2.75) is 32.6 Å². The standard InChI is InChI=1S/C18H20N2O3/c1-2-23-13-6-3-5-12(9-10-13)20-18(22)14-11-19-15-7-4-8-16(21)17(14)15/h3,5,9-11,19H,2,4,6-8H2,1H3,(H,20,22). The Morgan fingerprint density at radius 1 is 1.35 bits per heavy atom. The number of amides is 1. The van der Waals surface area contributed by atoms with Crippen molar-refractivity contribution in [3.63, 3.8) is 0 Å². The highest BCUT2D eigenvalue weighted by Gasteiger charge is 2.25. The summed E-state index contributed by atoms with van der Waals surface area (Å²) in [4.78, 5) is 27.6. The Morgan fingerprint density at radius 3 is 3.04 bits per heavy atom. The molecule has 5 nitrogen and oxygen atoms in total. The molecule has 1 aromatic heterocycles. The average Bonchev–Trinajstić information content (AvgIpc) is 2.86. The molecule has 1 heterocycles. The smallest absolute Gasteiger partial charge is 0.257 e. The second-order valence-electron chi connectivity index (χ2n) is 5.58. The molecule has 0 radical (unpaired) electrons. The van der Waals surface area contributed by atoms with Crippen molar-refractivity contribution in [3.05, 3.63) is 58.8 Å². The van der Waals surface area contributed by atoms with Gasteiger partial charge in [0.15, 0.2) is 5.78 Å². The first kappa shape index (κ1) is 15.3. The highest BCUT2D eigenvalue weighted by Crippen LogP contribution is 2.24. The van der Waals surface area contributed by atoms with Crippen molar-refractivity contribution >= 4 is 11.7 Å². The lowest BCUT2D eigenvalue weighted by Gasteiger charge is -2.12. The van der Waals surface area contributed by atoms with Crippen LogP contribution in [0.3, 0.4) is 0 Å². The minimum atomic E-state index is -0.262. The number of hydrogen-bond donors (Lipinski definition) is 2. The van der Waals surface area contributed by atoms with E-state index < -0.39 is 0 Å². The molecule has 0 bridgehead atoms. The van der Waals surface area contributed by atoms with Gasteiger partial charge in [-0.3, -0.25) is 9.59 Å². The first-order valence-electron chi connectivity index (χ1n) is 7.94. The number of rotatable bonds is 4. The van der Waals surface area contributed by atoms with Crippen molar-refractivity contribution in [3.8, 4) is 0 Å². The van der Waals surface area contributed by atoms with Crippen LogP contribution in [0.15, 0.2) is 42.0 Å². The molecule has 0 spiro atoms. The lowest BCUT2D eigenvalue weighted by Crippen LogP contribution is -2.24. The van der Waals surface area contributed by atoms with Crippen LogP contribution in [0.2, 0.25) is 0 Å². The summed E-state index contributed by atoms with van der Waals surface area (Å²) in [6.45, 7) is 2.56. The fraction of sp³-hybridized carbons (Fsp3) is 0.333. The van der Waals surface area contributed by atoms with Gasteiger partial charge in [-0.25, -0.2) is 0 Å². The molecule has 0 saturated heterocycles.